The predicted octanol–water partition coefficient (Wildman–Crippen LogP) is 2.52. The van der Waals surface area contributed by atoms with Crippen LogP contribution in [0.15, 0.2) is 22.8 Å². The minimum atomic E-state index is -0.781. The Hall–Kier alpha value is -1.78. The van der Waals surface area contributed by atoms with Crippen LogP contribution in [0.2, 0.25) is 0 Å². The average Bonchev–Trinajstić information content (AvgIpc) is 2.97. The van der Waals surface area contributed by atoms with Gasteiger partial charge in [-0.3, -0.25) is 9.59 Å². The zero-order valence-electron chi connectivity index (χ0n) is 11.7. The third-order valence-corrected chi connectivity index (χ3v) is 3.99. The molecule has 1 fully saturated rings. The van der Waals surface area contributed by atoms with Gasteiger partial charge in [-0.05, 0) is 38.3 Å². The van der Waals surface area contributed by atoms with Crippen LogP contribution in [0.1, 0.15) is 38.4 Å². The molecule has 2 unspecified atom stereocenters. The number of aliphatic carboxylic acids is 1. The van der Waals surface area contributed by atoms with Gasteiger partial charge in [0.2, 0.25) is 5.91 Å². The molecule has 0 bridgehead atoms. The number of nitrogens with zero attached hydrogens (tertiary/aromatic N) is 1. The number of amides is 1. The largest absolute Gasteiger partial charge is 0.481 e. The molecule has 1 heterocycles. The van der Waals surface area contributed by atoms with Crippen molar-refractivity contribution in [2.45, 2.75) is 39.2 Å². The van der Waals surface area contributed by atoms with E-state index in [1.807, 2.05) is 13.0 Å². The van der Waals surface area contributed by atoms with Crippen LogP contribution in [0.3, 0.4) is 0 Å². The number of carboxylic acids is 1. The lowest BCUT2D eigenvalue weighted by Crippen LogP contribution is -2.38. The molecule has 5 heteroatoms. The zero-order chi connectivity index (χ0) is 14.5. The summed E-state index contributed by atoms with van der Waals surface area (Å²) in [5, 5.41) is 9.10. The van der Waals surface area contributed by atoms with Crippen molar-refractivity contribution in [3.63, 3.8) is 0 Å². The maximum Gasteiger partial charge on any atom is 0.306 e. The minimum Gasteiger partial charge on any atom is -0.481 e. The van der Waals surface area contributed by atoms with Gasteiger partial charge in [0.15, 0.2) is 0 Å². The van der Waals surface area contributed by atoms with E-state index in [0.717, 1.165) is 18.6 Å². The molecule has 0 aromatic carbocycles. The quantitative estimate of drug-likeness (QED) is 0.899. The van der Waals surface area contributed by atoms with E-state index in [-0.39, 0.29) is 17.7 Å². The van der Waals surface area contributed by atoms with Crippen molar-refractivity contribution < 1.29 is 19.1 Å². The molecule has 0 radical (unpaired) electrons. The Balaban J connectivity index is 1.98. The Labute approximate surface area is 118 Å². The third kappa shape index (κ3) is 3.40. The van der Waals surface area contributed by atoms with Crippen LogP contribution in [0.5, 0.6) is 0 Å². The molecular formula is C15H21NO4. The second kappa shape index (κ2) is 6.59. The summed E-state index contributed by atoms with van der Waals surface area (Å²) >= 11 is 0. The first kappa shape index (κ1) is 14.6. The van der Waals surface area contributed by atoms with Crippen molar-refractivity contribution in [1.82, 2.24) is 4.90 Å². The van der Waals surface area contributed by atoms with E-state index >= 15 is 0 Å². The average molecular weight is 279 g/mol. The normalized spacial score (nSPS) is 22.4. The molecule has 1 aliphatic rings. The lowest BCUT2D eigenvalue weighted by Gasteiger charge is -2.30. The Morgan fingerprint density at radius 1 is 1.40 bits per heavy atom. The van der Waals surface area contributed by atoms with Crippen LogP contribution < -0.4 is 0 Å². The minimum absolute atomic E-state index is 0.0508. The number of carboxylic acid groups (broad SMARTS) is 1. The fourth-order valence-corrected chi connectivity index (χ4v) is 2.83. The Bertz CT molecular complexity index is 454. The molecule has 1 amide bonds. The number of carbonyl (C=O) groups excluding carboxylic acids is 1. The van der Waals surface area contributed by atoms with Crippen molar-refractivity contribution in [3.05, 3.63) is 24.2 Å². The first-order valence-electron chi connectivity index (χ1n) is 7.15. The summed E-state index contributed by atoms with van der Waals surface area (Å²) in [6.07, 6.45) is 4.34. The molecule has 2 atom stereocenters. The number of hydrogen-bond donors (Lipinski definition) is 1. The number of rotatable bonds is 5. The van der Waals surface area contributed by atoms with Gasteiger partial charge < -0.3 is 14.4 Å². The summed E-state index contributed by atoms with van der Waals surface area (Å²) in [4.78, 5) is 25.3. The van der Waals surface area contributed by atoms with Crippen molar-refractivity contribution >= 4 is 11.9 Å². The molecule has 110 valence electrons. The van der Waals surface area contributed by atoms with E-state index in [1.54, 1.807) is 17.2 Å². The lowest BCUT2D eigenvalue weighted by molar-refractivity contribution is -0.145. The van der Waals surface area contributed by atoms with Crippen LogP contribution >= 0.6 is 0 Å². The van der Waals surface area contributed by atoms with Gasteiger partial charge in [0.05, 0.1) is 18.7 Å². The van der Waals surface area contributed by atoms with Gasteiger partial charge in [0.25, 0.3) is 0 Å². The van der Waals surface area contributed by atoms with Gasteiger partial charge in [-0.2, -0.15) is 0 Å². The van der Waals surface area contributed by atoms with E-state index in [1.165, 1.54) is 0 Å². The Morgan fingerprint density at radius 3 is 2.75 bits per heavy atom. The summed E-state index contributed by atoms with van der Waals surface area (Å²) < 4.78 is 5.27. The fourth-order valence-electron chi connectivity index (χ4n) is 2.83. The summed E-state index contributed by atoms with van der Waals surface area (Å²) in [5.74, 6) is -0.517. The lowest BCUT2D eigenvalue weighted by atomic mass is 9.80. The van der Waals surface area contributed by atoms with Crippen LogP contribution in [0, 0.1) is 11.8 Å². The first-order chi connectivity index (χ1) is 9.61. The molecule has 1 aromatic heterocycles. The van der Waals surface area contributed by atoms with E-state index in [0.29, 0.717) is 25.9 Å². The summed E-state index contributed by atoms with van der Waals surface area (Å²) in [5.41, 5.74) is 0. The highest BCUT2D eigenvalue weighted by Gasteiger charge is 2.33. The van der Waals surface area contributed by atoms with E-state index in [9.17, 15) is 9.59 Å². The highest BCUT2D eigenvalue weighted by molar-refractivity contribution is 5.80. The van der Waals surface area contributed by atoms with Gasteiger partial charge in [0, 0.05) is 12.5 Å². The van der Waals surface area contributed by atoms with Crippen LogP contribution in [0.4, 0.5) is 0 Å². The Morgan fingerprint density at radius 2 is 2.15 bits per heavy atom. The van der Waals surface area contributed by atoms with Gasteiger partial charge in [-0.25, -0.2) is 0 Å². The molecule has 0 aliphatic heterocycles. The van der Waals surface area contributed by atoms with Gasteiger partial charge in [-0.15, -0.1) is 0 Å². The highest BCUT2D eigenvalue weighted by Crippen LogP contribution is 2.30. The predicted molar refractivity (Wildman–Crippen MR) is 72.9 cm³/mol. The first-order valence-corrected chi connectivity index (χ1v) is 7.15. The van der Waals surface area contributed by atoms with Crippen LogP contribution in [-0.2, 0) is 16.1 Å². The zero-order valence-corrected chi connectivity index (χ0v) is 11.7. The molecule has 0 saturated heterocycles. The van der Waals surface area contributed by atoms with E-state index in [2.05, 4.69) is 0 Å². The van der Waals surface area contributed by atoms with Crippen LogP contribution in [0.25, 0.3) is 0 Å². The highest BCUT2D eigenvalue weighted by atomic mass is 16.4. The van der Waals surface area contributed by atoms with Gasteiger partial charge in [0.1, 0.15) is 5.76 Å². The molecule has 5 nitrogen and oxygen atoms in total. The van der Waals surface area contributed by atoms with Crippen LogP contribution in [-0.4, -0.2) is 28.4 Å². The van der Waals surface area contributed by atoms with Crippen molar-refractivity contribution in [2.24, 2.45) is 11.8 Å². The van der Waals surface area contributed by atoms with Crippen molar-refractivity contribution in [2.75, 3.05) is 6.54 Å². The molecule has 20 heavy (non-hydrogen) atoms. The number of hydrogen-bond acceptors (Lipinski definition) is 3. The van der Waals surface area contributed by atoms with Crippen molar-refractivity contribution in [3.8, 4) is 0 Å². The molecular weight excluding hydrogens is 258 g/mol. The maximum absolute atomic E-state index is 12.5. The Kier molecular flexibility index (Phi) is 4.82. The topological polar surface area (TPSA) is 70.8 Å². The van der Waals surface area contributed by atoms with Gasteiger partial charge in [-0.1, -0.05) is 6.42 Å². The molecule has 1 aromatic rings. The van der Waals surface area contributed by atoms with Crippen molar-refractivity contribution in [1.29, 1.82) is 0 Å². The van der Waals surface area contributed by atoms with Gasteiger partial charge >= 0.3 is 5.97 Å². The second-order valence-corrected chi connectivity index (χ2v) is 5.33. The SMILES string of the molecule is CCN(Cc1ccco1)C(=O)C1CCCC(C(=O)O)C1. The summed E-state index contributed by atoms with van der Waals surface area (Å²) in [6.45, 7) is 2.99. The second-order valence-electron chi connectivity index (χ2n) is 5.33. The standard InChI is InChI=1S/C15H21NO4/c1-2-16(10-13-7-4-8-20-13)14(17)11-5-3-6-12(9-11)15(18)19/h4,7-8,11-12H,2-3,5-6,9-10H2,1H3,(H,18,19). The molecule has 1 aliphatic carbocycles. The smallest absolute Gasteiger partial charge is 0.306 e. The molecule has 0 spiro atoms. The molecule has 1 saturated carbocycles. The maximum atomic E-state index is 12.5. The summed E-state index contributed by atoms with van der Waals surface area (Å²) in [6, 6.07) is 3.64. The van der Waals surface area contributed by atoms with E-state index in [4.69, 9.17) is 9.52 Å². The number of carbonyl (C=O) groups is 2. The third-order valence-electron chi connectivity index (χ3n) is 3.99. The number of furan rings is 1. The fraction of sp³-hybridized carbons (Fsp3) is 0.600. The molecule has 2 rings (SSSR count). The van der Waals surface area contributed by atoms with E-state index < -0.39 is 5.97 Å². The summed E-state index contributed by atoms with van der Waals surface area (Å²) in [7, 11) is 0. The monoisotopic (exact) mass is 279 g/mol. The molecule has 1 N–H and O–H groups in total.